The molecule has 2 aliphatic heterocycles. The highest BCUT2D eigenvalue weighted by Crippen LogP contribution is 2.55. The fourth-order valence-electron chi connectivity index (χ4n) is 13.1. The van der Waals surface area contributed by atoms with Crippen LogP contribution in [-0.4, -0.2) is 6.85 Å². The van der Waals surface area contributed by atoms with Crippen LogP contribution in [-0.2, 0) is 32.5 Å². The second-order valence-corrected chi connectivity index (χ2v) is 29.2. The summed E-state index contributed by atoms with van der Waals surface area (Å²) in [5, 5.41) is 0. The van der Waals surface area contributed by atoms with E-state index in [-0.39, 0.29) is 39.3 Å². The van der Waals surface area contributed by atoms with E-state index in [1.54, 1.807) is 0 Å². The molecule has 0 amide bonds. The minimum absolute atomic E-state index is 0.00588. The largest absolute Gasteiger partial charge is 0.376 e. The molecule has 9 aromatic rings. The van der Waals surface area contributed by atoms with E-state index in [4.69, 9.17) is 0 Å². The highest BCUT2D eigenvalue weighted by molar-refractivity contribution is 6.93. The Hall–Kier alpha value is -7.56. The Balaban J connectivity index is 1.20. The maximum Gasteiger partial charge on any atom is 0.333 e. The average Bonchev–Trinajstić information content (AvgIpc) is 3.88. The van der Waals surface area contributed by atoms with Gasteiger partial charge < -0.3 is 14.6 Å². The summed E-state index contributed by atoms with van der Waals surface area (Å²) in [7, 11) is 0. The van der Waals surface area contributed by atoms with E-state index in [1.807, 2.05) is 0 Å². The zero-order valence-corrected chi connectivity index (χ0v) is 51.3. The standard InChI is InChI=1S/C77H82BN3/c1-72(2,3)50-27-34-55(35-28-50)79(56-36-29-51(30-37-56)73(4,5)6)58-40-42-68-62(46-58)63-44-54(76(13,14)15)45-70-71(63)78(81(68)57-38-31-52(32-39-57)74(7,8)9)66-48-65-61(59-25-21-22-26-64(59)77(65,16)17)47-69(66)80(70)67-41-33-53(75(10,11)12)43-60(67)49-23-19-18-20-24-49/h18-48H,1-17H3. The third kappa shape index (κ3) is 9.22. The molecule has 0 unspecified atom stereocenters. The van der Waals surface area contributed by atoms with Crippen LogP contribution in [0.1, 0.15) is 157 Å². The Morgan fingerprint density at radius 2 is 0.840 bits per heavy atom. The second kappa shape index (κ2) is 18.7. The molecular formula is C77H82BN3. The van der Waals surface area contributed by atoms with Crippen molar-refractivity contribution in [2.75, 3.05) is 14.6 Å². The van der Waals surface area contributed by atoms with E-state index in [1.165, 1.54) is 112 Å². The van der Waals surface area contributed by atoms with Gasteiger partial charge in [-0.05, 0) is 178 Å². The first kappa shape index (κ1) is 54.1. The minimum Gasteiger partial charge on any atom is -0.376 e. The lowest BCUT2D eigenvalue weighted by atomic mass is 9.43. The molecule has 3 aliphatic rings. The van der Waals surface area contributed by atoms with Crippen molar-refractivity contribution in [1.29, 1.82) is 0 Å². The van der Waals surface area contributed by atoms with Crippen molar-refractivity contribution in [1.82, 2.24) is 0 Å². The summed E-state index contributed by atoms with van der Waals surface area (Å²) in [6.45, 7) is 39.6. The molecule has 408 valence electrons. The van der Waals surface area contributed by atoms with E-state index in [0.717, 1.165) is 17.1 Å². The lowest BCUT2D eigenvalue weighted by Gasteiger charge is -2.47. The molecular weight excluding hydrogens is 978 g/mol. The first-order valence-electron chi connectivity index (χ1n) is 29.6. The van der Waals surface area contributed by atoms with Gasteiger partial charge in [0.2, 0.25) is 0 Å². The summed E-state index contributed by atoms with van der Waals surface area (Å²) < 4.78 is 0. The molecule has 4 heteroatoms. The van der Waals surface area contributed by atoms with Gasteiger partial charge in [-0.1, -0.05) is 227 Å². The van der Waals surface area contributed by atoms with Crippen LogP contribution < -0.4 is 25.5 Å². The summed E-state index contributed by atoms with van der Waals surface area (Å²) in [4.78, 5) is 7.85. The van der Waals surface area contributed by atoms with Crippen molar-refractivity contribution in [2.45, 2.75) is 150 Å². The Labute approximate surface area is 485 Å². The number of hydrogen-bond acceptors (Lipinski definition) is 3. The maximum absolute atomic E-state index is 2.70. The summed E-state index contributed by atoms with van der Waals surface area (Å²) >= 11 is 0. The van der Waals surface area contributed by atoms with Gasteiger partial charge in [-0.3, -0.25) is 0 Å². The van der Waals surface area contributed by atoms with Crippen LogP contribution in [0.3, 0.4) is 0 Å². The van der Waals surface area contributed by atoms with Crippen LogP contribution in [0.15, 0.2) is 188 Å². The van der Waals surface area contributed by atoms with Gasteiger partial charge in [0.1, 0.15) is 0 Å². The summed E-state index contributed by atoms with van der Waals surface area (Å²) in [5.74, 6) is 0. The third-order valence-electron chi connectivity index (χ3n) is 18.0. The van der Waals surface area contributed by atoms with Gasteiger partial charge in [0.15, 0.2) is 0 Å². The molecule has 0 N–H and O–H groups in total. The lowest BCUT2D eigenvalue weighted by molar-refractivity contribution is 0.590. The molecule has 0 saturated carbocycles. The molecule has 9 aromatic carbocycles. The Morgan fingerprint density at radius 3 is 1.41 bits per heavy atom. The predicted molar refractivity (Wildman–Crippen MR) is 351 cm³/mol. The van der Waals surface area contributed by atoms with E-state index in [0.29, 0.717) is 0 Å². The summed E-state index contributed by atoms with van der Waals surface area (Å²) in [5.41, 5.74) is 28.5. The van der Waals surface area contributed by atoms with E-state index >= 15 is 0 Å². The number of anilines is 8. The van der Waals surface area contributed by atoms with E-state index < -0.39 is 0 Å². The minimum atomic E-state index is -0.213. The van der Waals surface area contributed by atoms with Crippen molar-refractivity contribution in [3.63, 3.8) is 0 Å². The number of hydrogen-bond donors (Lipinski definition) is 0. The molecule has 81 heavy (non-hydrogen) atoms. The van der Waals surface area contributed by atoms with Gasteiger partial charge in [0.25, 0.3) is 0 Å². The van der Waals surface area contributed by atoms with Gasteiger partial charge in [-0.25, -0.2) is 0 Å². The fraction of sp³-hybridized carbons (Fsp3) is 0.299. The molecule has 0 saturated heterocycles. The number of benzene rings is 9. The van der Waals surface area contributed by atoms with Crippen LogP contribution in [0.2, 0.25) is 0 Å². The highest BCUT2D eigenvalue weighted by atomic mass is 15.2. The van der Waals surface area contributed by atoms with Crippen molar-refractivity contribution in [3.8, 4) is 33.4 Å². The topological polar surface area (TPSA) is 9.72 Å². The molecule has 0 spiro atoms. The third-order valence-corrected chi connectivity index (χ3v) is 18.0. The quantitative estimate of drug-likeness (QED) is 0.154. The molecule has 1 aliphatic carbocycles. The maximum atomic E-state index is 2.70. The highest BCUT2D eigenvalue weighted by Gasteiger charge is 2.48. The van der Waals surface area contributed by atoms with Gasteiger partial charge in [0, 0.05) is 56.4 Å². The van der Waals surface area contributed by atoms with Crippen molar-refractivity contribution in [3.05, 3.63) is 227 Å². The fourth-order valence-corrected chi connectivity index (χ4v) is 13.1. The number of fused-ring (bicyclic) bond motifs is 7. The monoisotopic (exact) mass is 1060 g/mol. The Kier molecular flexibility index (Phi) is 12.5. The van der Waals surface area contributed by atoms with E-state index in [2.05, 4.69) is 320 Å². The van der Waals surface area contributed by atoms with Crippen molar-refractivity contribution < 1.29 is 0 Å². The number of nitrogens with zero attached hydrogens (tertiary/aromatic N) is 3. The zero-order chi connectivity index (χ0) is 57.5. The molecule has 0 atom stereocenters. The molecule has 0 aromatic heterocycles. The van der Waals surface area contributed by atoms with Crippen LogP contribution in [0.5, 0.6) is 0 Å². The summed E-state index contributed by atoms with van der Waals surface area (Å²) in [6.07, 6.45) is 0. The molecule has 12 rings (SSSR count). The second-order valence-electron chi connectivity index (χ2n) is 29.2. The molecule has 3 nitrogen and oxygen atoms in total. The zero-order valence-electron chi connectivity index (χ0n) is 51.3. The van der Waals surface area contributed by atoms with Gasteiger partial charge in [-0.15, -0.1) is 0 Å². The molecule has 0 bridgehead atoms. The van der Waals surface area contributed by atoms with Gasteiger partial charge in [-0.2, -0.15) is 0 Å². The Bertz CT molecular complexity index is 3850. The average molecular weight is 1060 g/mol. The number of rotatable bonds is 6. The van der Waals surface area contributed by atoms with Crippen LogP contribution in [0.4, 0.5) is 45.5 Å². The normalized spacial score (nSPS) is 14.5. The summed E-state index contributed by atoms with van der Waals surface area (Å²) in [6, 6.07) is 73.3. The van der Waals surface area contributed by atoms with Crippen molar-refractivity contribution >= 4 is 63.3 Å². The molecule has 2 heterocycles. The van der Waals surface area contributed by atoms with Crippen LogP contribution >= 0.6 is 0 Å². The molecule has 0 radical (unpaired) electrons. The lowest BCUT2D eigenvalue weighted by Crippen LogP contribution is -2.62. The van der Waals surface area contributed by atoms with Gasteiger partial charge in [0.05, 0.1) is 5.69 Å². The van der Waals surface area contributed by atoms with Crippen molar-refractivity contribution in [2.24, 2.45) is 0 Å². The smallest absolute Gasteiger partial charge is 0.333 e. The SMILES string of the molecule is CC(C)(C)c1ccc(N2B3c4cc5c(cc4N(c4ccc(C(C)(C)C)cc4-c4ccccc4)c4cc(C(C)(C)C)cc(c43)-c3cc(N(c4ccc(C(C)(C)C)cc4)c4ccc(C(C)(C)C)cc4)ccc32)-c2ccccc2C5(C)C)cc1. The first-order valence-corrected chi connectivity index (χ1v) is 29.6. The molecule has 0 fully saturated rings. The van der Waals surface area contributed by atoms with Crippen LogP contribution in [0, 0.1) is 0 Å². The first-order chi connectivity index (χ1) is 38.1. The van der Waals surface area contributed by atoms with E-state index in [9.17, 15) is 0 Å². The predicted octanol–water partition coefficient (Wildman–Crippen LogP) is 20.3. The Morgan fingerprint density at radius 1 is 0.346 bits per heavy atom. The van der Waals surface area contributed by atoms with Gasteiger partial charge >= 0.3 is 6.85 Å². The van der Waals surface area contributed by atoms with Crippen LogP contribution in [0.25, 0.3) is 33.4 Å².